The molecule has 0 heterocycles. The maximum absolute atomic E-state index is 11.7. The van der Waals surface area contributed by atoms with Gasteiger partial charge in [-0.15, -0.1) is 11.6 Å². The van der Waals surface area contributed by atoms with Crippen molar-refractivity contribution in [2.24, 2.45) is 5.92 Å². The number of carbonyl (C=O) groups is 2. The van der Waals surface area contributed by atoms with Crippen LogP contribution in [0, 0.1) is 5.92 Å². The number of ether oxygens (including phenoxy) is 1. The van der Waals surface area contributed by atoms with Gasteiger partial charge >= 0.3 is 0 Å². The van der Waals surface area contributed by atoms with Crippen LogP contribution in [0.2, 0.25) is 0 Å². The van der Waals surface area contributed by atoms with Crippen LogP contribution in [0.1, 0.15) is 77.1 Å². The minimum Gasteiger partial charge on any atom is -0.494 e. The molecule has 0 aliphatic heterocycles. The van der Waals surface area contributed by atoms with E-state index < -0.39 is 0 Å². The second-order valence-electron chi connectivity index (χ2n) is 6.45. The quantitative estimate of drug-likeness (QED) is 0.246. The lowest BCUT2D eigenvalue weighted by Gasteiger charge is -2.09. The zero-order valence-electron chi connectivity index (χ0n) is 19.3. The Morgan fingerprint density at radius 3 is 2.13 bits per heavy atom. The largest absolute Gasteiger partial charge is 0.494 e. The molecule has 6 heteroatoms. The number of hydrogen-bond donors (Lipinski definition) is 2. The fourth-order valence-corrected chi connectivity index (χ4v) is 2.43. The van der Waals surface area contributed by atoms with Crippen LogP contribution in [0.25, 0.3) is 0 Å². The number of benzene rings is 1. The fourth-order valence-electron chi connectivity index (χ4n) is 2.32. The third-order valence-corrected chi connectivity index (χ3v) is 4.55. The number of Topliss-reactive ketones (excluding diaryl/α,β-unsaturated/α-hetero) is 1. The van der Waals surface area contributed by atoms with Gasteiger partial charge < -0.3 is 15.2 Å². The molecule has 1 aromatic rings. The normalized spacial score (nSPS) is 9.60. The summed E-state index contributed by atoms with van der Waals surface area (Å²) in [4.78, 5) is 22.7. The Morgan fingerprint density at radius 2 is 1.70 bits per heavy atom. The first kappa shape index (κ1) is 30.3. The van der Waals surface area contributed by atoms with Crippen molar-refractivity contribution in [1.82, 2.24) is 5.32 Å². The van der Waals surface area contributed by atoms with Crippen molar-refractivity contribution >= 4 is 23.3 Å². The highest BCUT2D eigenvalue weighted by atomic mass is 35.5. The van der Waals surface area contributed by atoms with Gasteiger partial charge in [-0.2, -0.15) is 0 Å². The molecule has 0 bridgehead atoms. The van der Waals surface area contributed by atoms with E-state index in [4.69, 9.17) is 21.4 Å². The molecule has 0 spiro atoms. The first-order valence-corrected chi connectivity index (χ1v) is 11.3. The van der Waals surface area contributed by atoms with Gasteiger partial charge in [0.2, 0.25) is 0 Å². The van der Waals surface area contributed by atoms with Crippen molar-refractivity contribution in [3.8, 4) is 5.75 Å². The number of ketones is 1. The molecule has 0 aliphatic carbocycles. The second kappa shape index (κ2) is 20.4. The van der Waals surface area contributed by atoms with E-state index in [2.05, 4.69) is 25.7 Å². The van der Waals surface area contributed by atoms with E-state index in [0.29, 0.717) is 30.4 Å². The Bertz CT molecular complexity index is 583. The van der Waals surface area contributed by atoms with Gasteiger partial charge in [-0.1, -0.05) is 47.1 Å². The smallest absolute Gasteiger partial charge is 0.255 e. The number of rotatable bonds is 12. The summed E-state index contributed by atoms with van der Waals surface area (Å²) >= 11 is 5.54. The van der Waals surface area contributed by atoms with Crippen LogP contribution < -0.4 is 10.1 Å². The number of allylic oxidation sites excluding steroid dienone is 1. The molecule has 0 aliphatic rings. The minimum atomic E-state index is -0.368. The first-order valence-electron chi connectivity index (χ1n) is 10.8. The average Bonchev–Trinajstić information content (AvgIpc) is 2.77. The number of hydrogen-bond acceptors (Lipinski definition) is 4. The van der Waals surface area contributed by atoms with Crippen molar-refractivity contribution in [2.45, 2.75) is 66.7 Å². The Kier molecular flexibility index (Phi) is 20.7. The molecule has 30 heavy (non-hydrogen) atoms. The summed E-state index contributed by atoms with van der Waals surface area (Å²) in [6.07, 6.45) is 5.46. The Labute approximate surface area is 187 Å². The van der Waals surface area contributed by atoms with Crippen LogP contribution >= 0.6 is 11.6 Å². The second-order valence-corrected chi connectivity index (χ2v) is 6.83. The van der Waals surface area contributed by atoms with Crippen molar-refractivity contribution in [2.75, 3.05) is 19.1 Å². The van der Waals surface area contributed by atoms with Crippen LogP contribution in [0.5, 0.6) is 5.75 Å². The summed E-state index contributed by atoms with van der Waals surface area (Å²) in [6.45, 7) is 14.1. The lowest BCUT2D eigenvalue weighted by Crippen LogP contribution is -2.25. The highest BCUT2D eigenvalue weighted by Gasteiger charge is 2.09. The standard InChI is InChI=1S/C14H16ClNO3.C8H18O.C2H6/c1-10(11(2)17)16-14(18)12-4-6-13(7-5-12)19-9-3-8-15;1-3-8(4-2)6-5-7-9;1-2/h4-7H,1,3,8-9H2,2H3,(H,16,18);8-9H,3-7H2,1-2H3;1-2H3. The predicted octanol–water partition coefficient (Wildman–Crippen LogP) is 5.75. The molecular formula is C24H40ClNO4. The molecule has 0 saturated carbocycles. The van der Waals surface area contributed by atoms with Crippen molar-refractivity contribution in [3.05, 3.63) is 42.1 Å². The summed E-state index contributed by atoms with van der Waals surface area (Å²) < 4.78 is 5.41. The van der Waals surface area contributed by atoms with Crippen molar-refractivity contribution in [3.63, 3.8) is 0 Å². The van der Waals surface area contributed by atoms with Gasteiger partial charge in [-0.3, -0.25) is 9.59 Å². The van der Waals surface area contributed by atoms with Crippen LogP contribution in [-0.2, 0) is 4.79 Å². The number of amides is 1. The first-order chi connectivity index (χ1) is 14.4. The van der Waals surface area contributed by atoms with Crippen molar-refractivity contribution in [1.29, 1.82) is 0 Å². The summed E-state index contributed by atoms with van der Waals surface area (Å²) in [5, 5.41) is 10.9. The van der Waals surface area contributed by atoms with E-state index in [9.17, 15) is 9.59 Å². The molecule has 1 aromatic carbocycles. The molecule has 0 fully saturated rings. The monoisotopic (exact) mass is 441 g/mol. The van der Waals surface area contributed by atoms with E-state index in [1.54, 1.807) is 24.3 Å². The third-order valence-electron chi connectivity index (χ3n) is 4.28. The molecule has 1 amide bonds. The topological polar surface area (TPSA) is 75.6 Å². The highest BCUT2D eigenvalue weighted by molar-refractivity contribution is 6.17. The number of aliphatic hydroxyl groups excluding tert-OH is 1. The fraction of sp³-hybridized carbons (Fsp3) is 0.583. The van der Waals surface area contributed by atoms with Crippen molar-refractivity contribution < 1.29 is 19.4 Å². The van der Waals surface area contributed by atoms with E-state index >= 15 is 0 Å². The van der Waals surface area contributed by atoms with Gasteiger partial charge in [0.1, 0.15) is 5.75 Å². The van der Waals surface area contributed by atoms with Crippen LogP contribution in [0.4, 0.5) is 0 Å². The molecule has 0 atom stereocenters. The van der Waals surface area contributed by atoms with Crippen LogP contribution in [-0.4, -0.2) is 35.9 Å². The van der Waals surface area contributed by atoms with Gasteiger partial charge in [0.15, 0.2) is 5.78 Å². The van der Waals surface area contributed by atoms with Gasteiger partial charge in [0.05, 0.1) is 12.3 Å². The average molecular weight is 442 g/mol. The molecule has 0 radical (unpaired) electrons. The number of halogens is 1. The third kappa shape index (κ3) is 15.1. The molecule has 172 valence electrons. The maximum Gasteiger partial charge on any atom is 0.255 e. The predicted molar refractivity (Wildman–Crippen MR) is 126 cm³/mol. The molecule has 1 rings (SSSR count). The van der Waals surface area contributed by atoms with E-state index in [1.807, 2.05) is 13.8 Å². The summed E-state index contributed by atoms with van der Waals surface area (Å²) in [7, 11) is 0. The number of nitrogens with one attached hydrogen (secondary N) is 1. The lowest BCUT2D eigenvalue weighted by molar-refractivity contribution is -0.113. The molecular weight excluding hydrogens is 402 g/mol. The van der Waals surface area contributed by atoms with Gasteiger partial charge in [0.25, 0.3) is 5.91 Å². The lowest BCUT2D eigenvalue weighted by atomic mass is 9.98. The minimum absolute atomic E-state index is 0.0763. The Morgan fingerprint density at radius 1 is 1.13 bits per heavy atom. The molecule has 0 aromatic heterocycles. The summed E-state index contributed by atoms with van der Waals surface area (Å²) in [6, 6.07) is 6.64. The Balaban J connectivity index is 0. The zero-order valence-corrected chi connectivity index (χ0v) is 20.1. The SMILES string of the molecule is C=C(NC(=O)c1ccc(OCCCCl)cc1)C(C)=O.CC.CCC(CC)CCCO. The maximum atomic E-state index is 11.7. The van der Waals surface area contributed by atoms with E-state index in [0.717, 1.165) is 18.8 Å². The number of alkyl halides is 1. The van der Waals surface area contributed by atoms with E-state index in [1.165, 1.54) is 26.2 Å². The molecule has 2 N–H and O–H groups in total. The van der Waals surface area contributed by atoms with Gasteiger partial charge in [-0.05, 0) is 49.4 Å². The highest BCUT2D eigenvalue weighted by Crippen LogP contribution is 2.14. The molecule has 0 unspecified atom stereocenters. The Hall–Kier alpha value is -1.85. The molecule has 0 saturated heterocycles. The van der Waals surface area contributed by atoms with Crippen LogP contribution in [0.3, 0.4) is 0 Å². The molecule has 5 nitrogen and oxygen atoms in total. The van der Waals surface area contributed by atoms with Gasteiger partial charge in [-0.25, -0.2) is 0 Å². The number of aliphatic hydroxyl groups is 1. The van der Waals surface area contributed by atoms with E-state index in [-0.39, 0.29) is 17.4 Å². The van der Waals surface area contributed by atoms with Gasteiger partial charge in [0, 0.05) is 25.0 Å². The number of carbonyl (C=O) groups excluding carboxylic acids is 2. The van der Waals surface area contributed by atoms with Crippen LogP contribution in [0.15, 0.2) is 36.5 Å². The summed E-state index contributed by atoms with van der Waals surface area (Å²) in [5.74, 6) is 1.43. The summed E-state index contributed by atoms with van der Waals surface area (Å²) in [5.41, 5.74) is 0.513. The zero-order chi connectivity index (χ0) is 23.4.